The van der Waals surface area contributed by atoms with Crippen LogP contribution in [0.2, 0.25) is 0 Å². The molecule has 1 amide bonds. The Kier molecular flexibility index (Phi) is 6.68. The number of carbonyl (C=O) groups is 1. The average Bonchev–Trinajstić information content (AvgIpc) is 2.59. The largest absolute Gasteiger partial charge is 0.504 e. The SMILES string of the molecule is O=C(CBr)Nc1c(I)cc(C[C@@H]2NCCc3cc(O)c(O)cc32)cc1I. The molecule has 1 atom stereocenters. The van der Waals surface area contributed by atoms with Crippen molar-refractivity contribution < 1.29 is 15.0 Å². The Morgan fingerprint density at radius 2 is 1.85 bits per heavy atom. The van der Waals surface area contributed by atoms with Gasteiger partial charge in [-0.1, -0.05) is 15.9 Å². The highest BCUT2D eigenvalue weighted by atomic mass is 127. The fraction of sp³-hybridized carbons (Fsp3) is 0.278. The second kappa shape index (κ2) is 8.61. The van der Waals surface area contributed by atoms with E-state index in [0.717, 1.165) is 48.9 Å². The van der Waals surface area contributed by atoms with Gasteiger partial charge in [-0.25, -0.2) is 0 Å². The van der Waals surface area contributed by atoms with Gasteiger partial charge < -0.3 is 20.8 Å². The van der Waals surface area contributed by atoms with Gasteiger partial charge in [-0.2, -0.15) is 0 Å². The fourth-order valence-corrected chi connectivity index (χ4v) is 5.43. The molecule has 2 aromatic carbocycles. The Hall–Kier alpha value is -0.590. The molecule has 26 heavy (non-hydrogen) atoms. The first-order chi connectivity index (χ1) is 12.4. The van der Waals surface area contributed by atoms with Crippen LogP contribution in [0.1, 0.15) is 22.7 Å². The number of benzene rings is 2. The summed E-state index contributed by atoms with van der Waals surface area (Å²) in [4.78, 5) is 11.7. The zero-order valence-electron chi connectivity index (χ0n) is 13.7. The first-order valence-corrected chi connectivity index (χ1v) is 11.3. The lowest BCUT2D eigenvalue weighted by molar-refractivity contribution is -0.113. The number of nitrogens with one attached hydrogen (secondary N) is 2. The molecule has 0 unspecified atom stereocenters. The third-order valence-corrected chi connectivity index (χ3v) is 6.54. The normalized spacial score (nSPS) is 16.2. The Labute approximate surface area is 187 Å². The minimum Gasteiger partial charge on any atom is -0.504 e. The van der Waals surface area contributed by atoms with Crippen molar-refractivity contribution in [3.63, 3.8) is 0 Å². The molecule has 0 fully saturated rings. The third kappa shape index (κ3) is 4.45. The molecule has 2 aromatic rings. The number of amides is 1. The van der Waals surface area contributed by atoms with Crippen LogP contribution in [0.4, 0.5) is 5.69 Å². The molecule has 1 aliphatic rings. The van der Waals surface area contributed by atoms with Crippen molar-refractivity contribution in [2.45, 2.75) is 18.9 Å². The van der Waals surface area contributed by atoms with E-state index >= 15 is 0 Å². The van der Waals surface area contributed by atoms with Crippen molar-refractivity contribution in [3.8, 4) is 11.5 Å². The number of rotatable bonds is 4. The van der Waals surface area contributed by atoms with E-state index in [-0.39, 0.29) is 28.8 Å². The highest BCUT2D eigenvalue weighted by molar-refractivity contribution is 14.1. The van der Waals surface area contributed by atoms with Crippen molar-refractivity contribution >= 4 is 72.7 Å². The first-order valence-electron chi connectivity index (χ1n) is 8.01. The zero-order chi connectivity index (χ0) is 18.8. The number of anilines is 1. The quantitative estimate of drug-likeness (QED) is 0.230. The minimum atomic E-state index is -0.0885. The number of phenols is 2. The Bertz CT molecular complexity index is 838. The standard InChI is InChI=1S/C18H17BrI2N2O3/c19-8-17(26)23-18-12(20)3-9(4-13(18)21)5-14-11-7-16(25)15(24)6-10(11)1-2-22-14/h3-4,6-7,14,22,24-25H,1-2,5,8H2,(H,23,26)/t14-/m0/s1. The number of fused-ring (bicyclic) bond motifs is 1. The maximum absolute atomic E-state index is 11.7. The van der Waals surface area contributed by atoms with Gasteiger partial charge in [-0.3, -0.25) is 4.79 Å². The van der Waals surface area contributed by atoms with Gasteiger partial charge in [0, 0.05) is 13.2 Å². The van der Waals surface area contributed by atoms with E-state index in [1.54, 1.807) is 12.1 Å². The number of aromatic hydroxyl groups is 2. The smallest absolute Gasteiger partial charge is 0.235 e. The Balaban J connectivity index is 1.87. The molecule has 0 saturated heterocycles. The lowest BCUT2D eigenvalue weighted by Crippen LogP contribution is -2.31. The van der Waals surface area contributed by atoms with E-state index in [1.165, 1.54) is 0 Å². The maximum atomic E-state index is 11.7. The summed E-state index contributed by atoms with van der Waals surface area (Å²) in [5.74, 6) is -0.235. The number of phenolic OH excluding ortho intramolecular Hbond substituents is 2. The van der Waals surface area contributed by atoms with Crippen LogP contribution in [-0.2, 0) is 17.6 Å². The maximum Gasteiger partial charge on any atom is 0.235 e. The van der Waals surface area contributed by atoms with Crippen molar-refractivity contribution in [2.24, 2.45) is 0 Å². The topological polar surface area (TPSA) is 81.6 Å². The summed E-state index contributed by atoms with van der Waals surface area (Å²) >= 11 is 7.64. The Morgan fingerprint density at radius 1 is 1.19 bits per heavy atom. The highest BCUT2D eigenvalue weighted by Crippen LogP contribution is 2.36. The summed E-state index contributed by atoms with van der Waals surface area (Å²) in [6.07, 6.45) is 1.59. The fourth-order valence-electron chi connectivity index (χ4n) is 3.12. The molecule has 138 valence electrons. The predicted molar refractivity (Wildman–Crippen MR) is 122 cm³/mol. The van der Waals surface area contributed by atoms with Crippen LogP contribution in [0, 0.1) is 7.14 Å². The van der Waals surface area contributed by atoms with Crippen LogP contribution in [-0.4, -0.2) is 28.0 Å². The molecule has 0 bridgehead atoms. The molecule has 4 N–H and O–H groups in total. The molecule has 3 rings (SSSR count). The van der Waals surface area contributed by atoms with Crippen LogP contribution in [0.3, 0.4) is 0 Å². The molecule has 0 aromatic heterocycles. The summed E-state index contributed by atoms with van der Waals surface area (Å²) in [6.45, 7) is 0.829. The highest BCUT2D eigenvalue weighted by Gasteiger charge is 2.23. The van der Waals surface area contributed by atoms with Gasteiger partial charge in [-0.15, -0.1) is 0 Å². The van der Waals surface area contributed by atoms with Crippen molar-refractivity contribution in [1.82, 2.24) is 5.32 Å². The second-order valence-corrected chi connectivity index (χ2v) is 9.00. The van der Waals surface area contributed by atoms with Crippen LogP contribution < -0.4 is 10.6 Å². The summed E-state index contributed by atoms with van der Waals surface area (Å²) in [5, 5.41) is 26.3. The zero-order valence-corrected chi connectivity index (χ0v) is 19.6. The van der Waals surface area contributed by atoms with Crippen LogP contribution >= 0.6 is 61.1 Å². The van der Waals surface area contributed by atoms with Gasteiger partial charge in [0.15, 0.2) is 11.5 Å². The summed E-state index contributed by atoms with van der Waals surface area (Å²) in [5.41, 5.74) is 4.07. The number of carbonyl (C=O) groups excluding carboxylic acids is 1. The predicted octanol–water partition coefficient (Wildman–Crippen LogP) is 4.07. The van der Waals surface area contributed by atoms with Gasteiger partial charge in [-0.05, 0) is 106 Å². The van der Waals surface area contributed by atoms with Crippen LogP contribution in [0.5, 0.6) is 11.5 Å². The van der Waals surface area contributed by atoms with Crippen molar-refractivity contribution in [1.29, 1.82) is 0 Å². The summed E-state index contributed by atoms with van der Waals surface area (Å²) < 4.78 is 1.98. The molecular weight excluding hydrogens is 626 g/mol. The number of alkyl halides is 1. The summed E-state index contributed by atoms with van der Waals surface area (Å²) in [6, 6.07) is 7.53. The van der Waals surface area contributed by atoms with E-state index in [1.807, 2.05) is 0 Å². The molecule has 0 spiro atoms. The lowest BCUT2D eigenvalue weighted by Gasteiger charge is -2.28. The van der Waals surface area contributed by atoms with Crippen molar-refractivity contribution in [2.75, 3.05) is 17.2 Å². The van der Waals surface area contributed by atoms with Gasteiger partial charge in [0.05, 0.1) is 11.0 Å². The van der Waals surface area contributed by atoms with Gasteiger partial charge in [0.25, 0.3) is 0 Å². The molecule has 1 aliphatic heterocycles. The molecular formula is C18H17BrI2N2O3. The molecule has 8 heteroatoms. The van der Waals surface area contributed by atoms with E-state index < -0.39 is 0 Å². The van der Waals surface area contributed by atoms with E-state index in [2.05, 4.69) is 83.9 Å². The number of halogens is 3. The van der Waals surface area contributed by atoms with E-state index in [4.69, 9.17) is 0 Å². The first kappa shape index (κ1) is 20.2. The number of hydrogen-bond donors (Lipinski definition) is 4. The Morgan fingerprint density at radius 3 is 2.50 bits per heavy atom. The molecule has 0 radical (unpaired) electrons. The van der Waals surface area contributed by atoms with Gasteiger partial charge >= 0.3 is 0 Å². The van der Waals surface area contributed by atoms with E-state index in [0.29, 0.717) is 0 Å². The van der Waals surface area contributed by atoms with Gasteiger partial charge in [0.2, 0.25) is 5.91 Å². The number of hydrogen-bond acceptors (Lipinski definition) is 4. The van der Waals surface area contributed by atoms with Crippen LogP contribution in [0.25, 0.3) is 0 Å². The minimum absolute atomic E-state index is 0.0691. The second-order valence-electron chi connectivity index (χ2n) is 6.12. The van der Waals surface area contributed by atoms with Crippen molar-refractivity contribution in [3.05, 3.63) is 48.1 Å². The summed E-state index contributed by atoms with van der Waals surface area (Å²) in [7, 11) is 0. The monoisotopic (exact) mass is 642 g/mol. The average molecular weight is 643 g/mol. The third-order valence-electron chi connectivity index (χ3n) is 4.32. The lowest BCUT2D eigenvalue weighted by atomic mass is 9.90. The molecule has 1 heterocycles. The van der Waals surface area contributed by atoms with E-state index in [9.17, 15) is 15.0 Å². The molecule has 0 saturated carbocycles. The molecule has 5 nitrogen and oxygen atoms in total. The molecule has 0 aliphatic carbocycles. The van der Waals surface area contributed by atoms with Crippen LogP contribution in [0.15, 0.2) is 24.3 Å². The van der Waals surface area contributed by atoms with Gasteiger partial charge in [0.1, 0.15) is 0 Å².